The molecule has 0 rings (SSSR count). The van der Waals surface area contributed by atoms with Crippen molar-refractivity contribution in [3.8, 4) is 0 Å². The third-order valence-corrected chi connectivity index (χ3v) is 8.88. The highest BCUT2D eigenvalue weighted by atomic mass is 16.5. The first-order valence-electron chi connectivity index (χ1n) is 20.0. The van der Waals surface area contributed by atoms with Crippen molar-refractivity contribution in [1.82, 2.24) is 0 Å². The number of allylic oxidation sites excluding steroid dienone is 6. The van der Waals surface area contributed by atoms with Crippen molar-refractivity contribution in [2.24, 2.45) is 0 Å². The average Bonchev–Trinajstić information content (AvgIpc) is 3.04. The molecule has 268 valence electrons. The number of carboxylic acid groups (broad SMARTS) is 1. The van der Waals surface area contributed by atoms with Crippen LogP contribution >= 0.6 is 0 Å². The van der Waals surface area contributed by atoms with Gasteiger partial charge in [0.25, 0.3) is 0 Å². The van der Waals surface area contributed by atoms with E-state index in [1.807, 2.05) is 0 Å². The van der Waals surface area contributed by atoms with Gasteiger partial charge in [0.15, 0.2) is 0 Å². The fourth-order valence-corrected chi connectivity index (χ4v) is 5.96. The summed E-state index contributed by atoms with van der Waals surface area (Å²) in [6.45, 7) is 4.44. The van der Waals surface area contributed by atoms with Gasteiger partial charge in [-0.1, -0.05) is 166 Å². The molecule has 0 bridgehead atoms. The van der Waals surface area contributed by atoms with Gasteiger partial charge >= 0.3 is 11.9 Å². The van der Waals surface area contributed by atoms with Crippen molar-refractivity contribution in [3.63, 3.8) is 0 Å². The molecule has 1 atom stereocenters. The van der Waals surface area contributed by atoms with Gasteiger partial charge in [0.05, 0.1) is 0 Å². The summed E-state index contributed by atoms with van der Waals surface area (Å²) in [7, 11) is 0. The number of aliphatic carboxylic acids is 1. The number of carbonyl (C=O) groups is 2. The number of hydrogen-bond acceptors (Lipinski definition) is 3. The van der Waals surface area contributed by atoms with Crippen LogP contribution in [0.1, 0.15) is 213 Å². The number of carbonyl (C=O) groups excluding carboxylic acids is 1. The maximum atomic E-state index is 12.7. The van der Waals surface area contributed by atoms with Gasteiger partial charge in [-0.2, -0.15) is 0 Å². The summed E-state index contributed by atoms with van der Waals surface area (Å²) in [4.78, 5) is 23.4. The largest absolute Gasteiger partial charge is 0.481 e. The number of hydrogen-bond donors (Lipinski definition) is 1. The fraction of sp³-hybridized carbons (Fsp3) is 0.810. The second-order valence-electron chi connectivity index (χ2n) is 13.4. The number of carboxylic acids is 1. The number of unbranched alkanes of at least 4 members (excludes halogenated alkanes) is 21. The van der Waals surface area contributed by atoms with Gasteiger partial charge in [0.1, 0.15) is 6.10 Å². The summed E-state index contributed by atoms with van der Waals surface area (Å²) in [6.07, 6.45) is 48.7. The molecule has 0 aliphatic rings. The van der Waals surface area contributed by atoms with Gasteiger partial charge < -0.3 is 9.84 Å². The van der Waals surface area contributed by atoms with Crippen LogP contribution in [0.2, 0.25) is 0 Å². The number of esters is 1. The lowest BCUT2D eigenvalue weighted by Crippen LogP contribution is -2.18. The first-order chi connectivity index (χ1) is 22.6. The molecule has 0 heterocycles. The summed E-state index contributed by atoms with van der Waals surface area (Å²) in [5, 5.41) is 8.82. The summed E-state index contributed by atoms with van der Waals surface area (Å²) >= 11 is 0. The quantitative estimate of drug-likeness (QED) is 0.0419. The third-order valence-electron chi connectivity index (χ3n) is 8.88. The van der Waals surface area contributed by atoms with E-state index in [9.17, 15) is 9.59 Å². The van der Waals surface area contributed by atoms with Gasteiger partial charge in [-0.25, -0.2) is 0 Å². The summed E-state index contributed by atoms with van der Waals surface area (Å²) in [6, 6.07) is 0. The van der Waals surface area contributed by atoms with Gasteiger partial charge in [-0.3, -0.25) is 9.59 Å². The smallest absolute Gasteiger partial charge is 0.306 e. The van der Waals surface area contributed by atoms with Crippen molar-refractivity contribution < 1.29 is 19.4 Å². The highest BCUT2D eigenvalue weighted by Gasteiger charge is 2.14. The van der Waals surface area contributed by atoms with E-state index in [0.29, 0.717) is 6.42 Å². The van der Waals surface area contributed by atoms with E-state index in [1.165, 1.54) is 103 Å². The molecule has 0 radical (unpaired) electrons. The van der Waals surface area contributed by atoms with Gasteiger partial charge in [0, 0.05) is 12.8 Å². The third kappa shape index (κ3) is 36.6. The Hall–Kier alpha value is -1.84. The Morgan fingerprint density at radius 2 is 0.913 bits per heavy atom. The molecule has 0 aliphatic heterocycles. The van der Waals surface area contributed by atoms with E-state index < -0.39 is 5.97 Å². The molecular weight excluding hydrogens is 568 g/mol. The molecule has 0 aliphatic carbocycles. The van der Waals surface area contributed by atoms with Crippen LogP contribution in [0.3, 0.4) is 0 Å². The zero-order chi connectivity index (χ0) is 33.6. The molecule has 0 fully saturated rings. The Morgan fingerprint density at radius 3 is 1.41 bits per heavy atom. The molecule has 0 saturated heterocycles. The lowest BCUT2D eigenvalue weighted by Gasteiger charge is -2.18. The second-order valence-corrected chi connectivity index (χ2v) is 13.4. The molecule has 0 amide bonds. The first-order valence-corrected chi connectivity index (χ1v) is 20.0. The van der Waals surface area contributed by atoms with Crippen LogP contribution in [-0.2, 0) is 14.3 Å². The Balaban J connectivity index is 4.01. The second kappa shape index (κ2) is 37.6. The van der Waals surface area contributed by atoms with Crippen LogP contribution in [-0.4, -0.2) is 23.1 Å². The van der Waals surface area contributed by atoms with E-state index >= 15 is 0 Å². The predicted octanol–water partition coefficient (Wildman–Crippen LogP) is 13.8. The highest BCUT2D eigenvalue weighted by molar-refractivity contribution is 5.69. The van der Waals surface area contributed by atoms with Crippen molar-refractivity contribution in [1.29, 1.82) is 0 Å². The molecule has 1 unspecified atom stereocenters. The van der Waals surface area contributed by atoms with Crippen LogP contribution < -0.4 is 0 Å². The minimum absolute atomic E-state index is 0.00594. The monoisotopic (exact) mass is 645 g/mol. The van der Waals surface area contributed by atoms with E-state index in [4.69, 9.17) is 9.84 Å². The van der Waals surface area contributed by atoms with Gasteiger partial charge in [-0.05, 0) is 70.6 Å². The predicted molar refractivity (Wildman–Crippen MR) is 199 cm³/mol. The summed E-state index contributed by atoms with van der Waals surface area (Å²) in [5.74, 6) is -0.707. The molecule has 0 aromatic heterocycles. The average molecular weight is 645 g/mol. The van der Waals surface area contributed by atoms with Crippen LogP contribution in [0.25, 0.3) is 0 Å². The van der Waals surface area contributed by atoms with Gasteiger partial charge in [0.2, 0.25) is 0 Å². The number of rotatable bonds is 36. The minimum atomic E-state index is -0.701. The lowest BCUT2D eigenvalue weighted by molar-refractivity contribution is -0.150. The van der Waals surface area contributed by atoms with Crippen LogP contribution in [0.15, 0.2) is 36.5 Å². The Bertz CT molecular complexity index is 738. The topological polar surface area (TPSA) is 63.6 Å². The molecule has 0 saturated carbocycles. The summed E-state index contributed by atoms with van der Waals surface area (Å²) < 4.78 is 6.00. The number of ether oxygens (including phenoxy) is 1. The molecule has 0 aromatic rings. The van der Waals surface area contributed by atoms with E-state index in [0.717, 1.165) is 83.5 Å². The van der Waals surface area contributed by atoms with Crippen LogP contribution in [0.5, 0.6) is 0 Å². The zero-order valence-electron chi connectivity index (χ0n) is 30.6. The maximum Gasteiger partial charge on any atom is 0.306 e. The van der Waals surface area contributed by atoms with Crippen molar-refractivity contribution in [2.45, 2.75) is 219 Å². The van der Waals surface area contributed by atoms with Crippen LogP contribution in [0, 0.1) is 0 Å². The molecule has 46 heavy (non-hydrogen) atoms. The van der Waals surface area contributed by atoms with Gasteiger partial charge in [-0.15, -0.1) is 0 Å². The molecular formula is C42H76O4. The SMILES string of the molecule is CC/C=C\C/C=C\C/C=C\CCCCCCCCCC(=O)OC(CCCCCCCCCCCCC)CCCCCCCC(=O)O. The van der Waals surface area contributed by atoms with Crippen molar-refractivity contribution >= 4 is 11.9 Å². The maximum absolute atomic E-state index is 12.7. The molecule has 4 heteroatoms. The van der Waals surface area contributed by atoms with Crippen LogP contribution in [0.4, 0.5) is 0 Å². The van der Waals surface area contributed by atoms with E-state index in [2.05, 4.69) is 50.3 Å². The molecule has 1 N–H and O–H groups in total. The Morgan fingerprint density at radius 1 is 0.500 bits per heavy atom. The van der Waals surface area contributed by atoms with Crippen molar-refractivity contribution in [2.75, 3.05) is 0 Å². The van der Waals surface area contributed by atoms with Crippen molar-refractivity contribution in [3.05, 3.63) is 36.5 Å². The zero-order valence-corrected chi connectivity index (χ0v) is 30.6. The normalized spacial score (nSPS) is 12.6. The lowest BCUT2D eigenvalue weighted by atomic mass is 10.0. The Labute approximate surface area is 286 Å². The fourth-order valence-electron chi connectivity index (χ4n) is 5.96. The highest BCUT2D eigenvalue weighted by Crippen LogP contribution is 2.19. The first kappa shape index (κ1) is 44.2. The van der Waals surface area contributed by atoms with E-state index in [1.54, 1.807) is 0 Å². The summed E-state index contributed by atoms with van der Waals surface area (Å²) in [5.41, 5.74) is 0. The Kier molecular flexibility index (Phi) is 36.1. The van der Waals surface area contributed by atoms with E-state index in [-0.39, 0.29) is 18.5 Å². The standard InChI is InChI=1S/C42H76O4/c1-3-5-7-9-11-13-15-16-17-18-19-20-22-24-26-31-35-39-42(45)46-40(37-33-29-27-30-34-38-41(43)44)36-32-28-25-23-21-14-12-10-8-6-4-2/h5,7,11,13,16-17,40H,3-4,6,8-10,12,14-15,18-39H2,1-2H3,(H,43,44)/b7-5-,13-11-,17-16-. The molecule has 0 aromatic carbocycles. The molecule has 0 spiro atoms. The minimum Gasteiger partial charge on any atom is -0.481 e. The molecule has 4 nitrogen and oxygen atoms in total.